The van der Waals surface area contributed by atoms with Crippen LogP contribution in [0.15, 0.2) is 53.9 Å². The van der Waals surface area contributed by atoms with E-state index in [1.165, 1.54) is 0 Å². The Morgan fingerprint density at radius 3 is 2.68 bits per heavy atom. The molecule has 0 saturated carbocycles. The van der Waals surface area contributed by atoms with Crippen LogP contribution in [0, 0.1) is 0 Å². The Labute approximate surface area is 117 Å². The van der Waals surface area contributed by atoms with E-state index in [4.69, 9.17) is 0 Å². The van der Waals surface area contributed by atoms with Gasteiger partial charge >= 0.3 is 0 Å². The molecule has 2 aromatic rings. The van der Waals surface area contributed by atoms with Crippen molar-refractivity contribution in [2.45, 2.75) is 19.4 Å². The van der Waals surface area contributed by atoms with Crippen molar-refractivity contribution in [3.8, 4) is 0 Å². The second-order valence-electron chi connectivity index (χ2n) is 4.23. The van der Waals surface area contributed by atoms with E-state index < -0.39 is 0 Å². The maximum atomic E-state index is 11.9. The molecule has 1 heterocycles. The van der Waals surface area contributed by atoms with E-state index in [0.29, 0.717) is 0 Å². The molecular formula is C16H17NOS. The quantitative estimate of drug-likeness (QED) is 0.817. The zero-order chi connectivity index (χ0) is 13.5. The molecule has 0 spiro atoms. The van der Waals surface area contributed by atoms with Crippen molar-refractivity contribution in [1.29, 1.82) is 0 Å². The highest BCUT2D eigenvalue weighted by Gasteiger charge is 2.10. The molecule has 1 amide bonds. The van der Waals surface area contributed by atoms with Gasteiger partial charge in [0.1, 0.15) is 0 Å². The van der Waals surface area contributed by atoms with Gasteiger partial charge in [-0.3, -0.25) is 4.79 Å². The van der Waals surface area contributed by atoms with Gasteiger partial charge in [-0.25, -0.2) is 0 Å². The van der Waals surface area contributed by atoms with Crippen molar-refractivity contribution < 1.29 is 4.79 Å². The minimum absolute atomic E-state index is 0.0518. The lowest BCUT2D eigenvalue weighted by atomic mass is 10.0. The lowest BCUT2D eigenvalue weighted by molar-refractivity contribution is -0.117. The molecule has 0 fully saturated rings. The Morgan fingerprint density at radius 1 is 1.26 bits per heavy atom. The van der Waals surface area contributed by atoms with Crippen LogP contribution in [0.5, 0.6) is 0 Å². The Morgan fingerprint density at radius 2 is 2.05 bits per heavy atom. The smallest absolute Gasteiger partial charge is 0.244 e. The van der Waals surface area contributed by atoms with Crippen molar-refractivity contribution in [1.82, 2.24) is 5.32 Å². The van der Waals surface area contributed by atoms with Crippen LogP contribution < -0.4 is 5.32 Å². The summed E-state index contributed by atoms with van der Waals surface area (Å²) >= 11 is 1.62. The molecule has 0 bridgehead atoms. The third kappa shape index (κ3) is 4.07. The number of nitrogens with one attached hydrogen (secondary N) is 1. The molecule has 1 N–H and O–H groups in total. The second-order valence-corrected chi connectivity index (χ2v) is 5.21. The minimum atomic E-state index is -0.0518. The highest BCUT2D eigenvalue weighted by Crippen LogP contribution is 2.16. The molecule has 3 heteroatoms. The fraction of sp³-hybridized carbons (Fsp3) is 0.188. The first-order valence-electron chi connectivity index (χ1n) is 6.36. The third-order valence-corrected chi connectivity index (χ3v) is 3.71. The molecule has 0 aliphatic heterocycles. The average molecular weight is 271 g/mol. The van der Waals surface area contributed by atoms with Gasteiger partial charge < -0.3 is 5.32 Å². The van der Waals surface area contributed by atoms with Gasteiger partial charge in [0.05, 0.1) is 6.04 Å². The monoisotopic (exact) mass is 271 g/mol. The summed E-state index contributed by atoms with van der Waals surface area (Å²) in [4.78, 5) is 13.0. The fourth-order valence-electron chi connectivity index (χ4n) is 1.87. The van der Waals surface area contributed by atoms with Crippen LogP contribution in [0.1, 0.15) is 29.8 Å². The molecular weight excluding hydrogens is 254 g/mol. The van der Waals surface area contributed by atoms with Crippen molar-refractivity contribution >= 4 is 23.3 Å². The van der Waals surface area contributed by atoms with Gasteiger partial charge in [0.25, 0.3) is 0 Å². The van der Waals surface area contributed by atoms with Crippen molar-refractivity contribution in [2.24, 2.45) is 0 Å². The molecule has 1 atom stereocenters. The van der Waals surface area contributed by atoms with Crippen LogP contribution in [-0.2, 0) is 4.79 Å². The fourth-order valence-corrected chi connectivity index (χ4v) is 2.49. The number of hydrogen-bond donors (Lipinski definition) is 1. The van der Waals surface area contributed by atoms with Gasteiger partial charge in [-0.15, -0.1) is 11.3 Å². The largest absolute Gasteiger partial charge is 0.346 e. The molecule has 0 aliphatic rings. The molecule has 1 aromatic heterocycles. The van der Waals surface area contributed by atoms with Gasteiger partial charge in [0.2, 0.25) is 5.91 Å². The minimum Gasteiger partial charge on any atom is -0.346 e. The highest BCUT2D eigenvalue weighted by molar-refractivity contribution is 7.10. The summed E-state index contributed by atoms with van der Waals surface area (Å²) in [7, 11) is 0. The summed E-state index contributed by atoms with van der Waals surface area (Å²) in [6, 6.07) is 14.1. The third-order valence-electron chi connectivity index (χ3n) is 2.87. The zero-order valence-corrected chi connectivity index (χ0v) is 11.7. The molecule has 1 unspecified atom stereocenters. The summed E-state index contributed by atoms with van der Waals surface area (Å²) < 4.78 is 0. The topological polar surface area (TPSA) is 29.1 Å². The van der Waals surface area contributed by atoms with Crippen LogP contribution in [0.3, 0.4) is 0 Å². The number of carbonyl (C=O) groups is 1. The van der Waals surface area contributed by atoms with Gasteiger partial charge in [0, 0.05) is 11.0 Å². The first kappa shape index (κ1) is 13.6. The van der Waals surface area contributed by atoms with Gasteiger partial charge in [-0.1, -0.05) is 43.3 Å². The van der Waals surface area contributed by atoms with Gasteiger partial charge in [-0.05, 0) is 29.5 Å². The van der Waals surface area contributed by atoms with Crippen LogP contribution in [0.4, 0.5) is 0 Å². The Bertz CT molecular complexity index is 531. The molecule has 0 radical (unpaired) electrons. The number of benzene rings is 1. The van der Waals surface area contributed by atoms with Crippen LogP contribution in [0.25, 0.3) is 6.08 Å². The van der Waals surface area contributed by atoms with Crippen molar-refractivity contribution in [3.63, 3.8) is 0 Å². The van der Waals surface area contributed by atoms with Crippen LogP contribution in [-0.4, -0.2) is 5.91 Å². The number of hydrogen-bond acceptors (Lipinski definition) is 2. The Balaban J connectivity index is 1.97. The lowest BCUT2D eigenvalue weighted by Crippen LogP contribution is -2.26. The summed E-state index contributed by atoms with van der Waals surface area (Å²) in [5, 5.41) is 5.02. The average Bonchev–Trinajstić information content (AvgIpc) is 2.97. The SMILES string of the molecule is CCC(NC(=O)/C=C/c1cccs1)c1ccccc1. The second kappa shape index (κ2) is 6.90. The predicted molar refractivity (Wildman–Crippen MR) is 81.0 cm³/mol. The van der Waals surface area contributed by atoms with E-state index in [0.717, 1.165) is 16.9 Å². The first-order valence-corrected chi connectivity index (χ1v) is 7.24. The standard InChI is InChI=1S/C16H17NOS/c1-2-15(13-7-4-3-5-8-13)17-16(18)11-10-14-9-6-12-19-14/h3-12,15H,2H2,1H3,(H,17,18)/b11-10+. The number of thiophene rings is 1. The van der Waals surface area contributed by atoms with Gasteiger partial charge in [0.15, 0.2) is 0 Å². The summed E-state index contributed by atoms with van der Waals surface area (Å²) in [5.41, 5.74) is 1.14. The molecule has 19 heavy (non-hydrogen) atoms. The van der Waals surface area contributed by atoms with E-state index in [2.05, 4.69) is 12.2 Å². The molecule has 1 aromatic carbocycles. The maximum Gasteiger partial charge on any atom is 0.244 e. The van der Waals surface area contributed by atoms with Crippen LogP contribution in [0.2, 0.25) is 0 Å². The van der Waals surface area contributed by atoms with Crippen molar-refractivity contribution in [2.75, 3.05) is 0 Å². The summed E-state index contributed by atoms with van der Waals surface area (Å²) in [5.74, 6) is -0.0518. The van der Waals surface area contributed by atoms with E-state index in [1.807, 2.05) is 53.9 Å². The first-order chi connectivity index (χ1) is 9.29. The molecule has 2 nitrogen and oxygen atoms in total. The van der Waals surface area contributed by atoms with E-state index in [9.17, 15) is 4.79 Å². The number of amides is 1. The lowest BCUT2D eigenvalue weighted by Gasteiger charge is -2.16. The summed E-state index contributed by atoms with van der Waals surface area (Å²) in [6.07, 6.45) is 4.32. The summed E-state index contributed by atoms with van der Waals surface area (Å²) in [6.45, 7) is 2.07. The van der Waals surface area contributed by atoms with Crippen LogP contribution >= 0.6 is 11.3 Å². The maximum absolute atomic E-state index is 11.9. The van der Waals surface area contributed by atoms with Gasteiger partial charge in [-0.2, -0.15) is 0 Å². The highest BCUT2D eigenvalue weighted by atomic mass is 32.1. The Kier molecular flexibility index (Phi) is 4.93. The number of carbonyl (C=O) groups excluding carboxylic acids is 1. The molecule has 2 rings (SSSR count). The van der Waals surface area contributed by atoms with E-state index >= 15 is 0 Å². The van der Waals surface area contributed by atoms with E-state index in [-0.39, 0.29) is 11.9 Å². The van der Waals surface area contributed by atoms with Crippen molar-refractivity contribution in [3.05, 3.63) is 64.4 Å². The molecule has 0 saturated heterocycles. The Hall–Kier alpha value is -1.87. The molecule has 0 aliphatic carbocycles. The van der Waals surface area contributed by atoms with E-state index in [1.54, 1.807) is 17.4 Å². The number of rotatable bonds is 5. The predicted octanol–water partition coefficient (Wildman–Crippen LogP) is 4.03. The zero-order valence-electron chi connectivity index (χ0n) is 10.9. The molecule has 98 valence electrons. The normalized spacial score (nSPS) is 12.5.